The number of amides is 2. The van der Waals surface area contributed by atoms with Gasteiger partial charge in [0.05, 0.1) is 0 Å². The topological polar surface area (TPSA) is 63.1 Å². The highest BCUT2D eigenvalue weighted by molar-refractivity contribution is 6.02. The van der Waals surface area contributed by atoms with E-state index in [1.54, 1.807) is 19.9 Å². The van der Waals surface area contributed by atoms with E-state index >= 15 is 0 Å². The smallest absolute Gasteiger partial charge is 0.257 e. The number of nitrogens with one attached hydrogen (secondary N) is 2. The van der Waals surface area contributed by atoms with Gasteiger partial charge < -0.3 is 15.2 Å². The molecule has 5 nitrogen and oxygen atoms in total. The number of nitrogens with zero attached hydrogens (tertiary/aromatic N) is 1. The molecule has 1 atom stereocenters. The van der Waals surface area contributed by atoms with Crippen molar-refractivity contribution >= 4 is 28.4 Å². The highest BCUT2D eigenvalue weighted by Gasteiger charge is 2.27. The van der Waals surface area contributed by atoms with E-state index in [9.17, 15) is 18.4 Å². The molecule has 3 rings (SSSR count). The number of anilines is 1. The van der Waals surface area contributed by atoms with Crippen molar-refractivity contribution < 1.29 is 18.4 Å². The number of carbonyl (C=O) groups is 2. The molecule has 0 aliphatic carbocycles. The molecule has 7 heteroatoms. The van der Waals surface area contributed by atoms with Crippen LogP contribution in [0.3, 0.4) is 0 Å². The van der Waals surface area contributed by atoms with Crippen LogP contribution in [-0.2, 0) is 11.3 Å². The molecule has 3 aromatic rings. The minimum absolute atomic E-state index is 0.293. The molecular weight excluding hydrogens is 388 g/mol. The molecule has 30 heavy (non-hydrogen) atoms. The number of fused-ring (bicyclic) bond motifs is 1. The van der Waals surface area contributed by atoms with Crippen LogP contribution in [0.2, 0.25) is 0 Å². The molecule has 1 heterocycles. The third-order valence-corrected chi connectivity index (χ3v) is 4.93. The number of halogens is 2. The molecule has 2 N–H and O–H groups in total. The van der Waals surface area contributed by atoms with E-state index in [1.807, 2.05) is 24.4 Å². The number of aromatic nitrogens is 1. The van der Waals surface area contributed by atoms with Gasteiger partial charge >= 0.3 is 0 Å². The van der Waals surface area contributed by atoms with Crippen LogP contribution in [0.15, 0.2) is 48.7 Å². The summed E-state index contributed by atoms with van der Waals surface area (Å²) in [5.41, 5.74) is 0.951. The van der Waals surface area contributed by atoms with Gasteiger partial charge in [-0.05, 0) is 48.7 Å². The van der Waals surface area contributed by atoms with E-state index in [2.05, 4.69) is 22.1 Å². The van der Waals surface area contributed by atoms with E-state index in [4.69, 9.17) is 0 Å². The quantitative estimate of drug-likeness (QED) is 0.589. The Morgan fingerprint density at radius 3 is 2.40 bits per heavy atom. The fraction of sp³-hybridized carbons (Fsp3) is 0.304. The molecule has 0 aliphatic heterocycles. The van der Waals surface area contributed by atoms with Crippen molar-refractivity contribution in [2.75, 3.05) is 5.32 Å². The number of hydrogen-bond acceptors (Lipinski definition) is 2. The lowest BCUT2D eigenvalue weighted by Gasteiger charge is -2.22. The molecule has 2 aromatic carbocycles. The Hall–Kier alpha value is -3.22. The summed E-state index contributed by atoms with van der Waals surface area (Å²) in [6.45, 7) is 6.50. The Morgan fingerprint density at radius 1 is 1.07 bits per heavy atom. The van der Waals surface area contributed by atoms with Crippen molar-refractivity contribution in [2.45, 2.75) is 39.8 Å². The van der Waals surface area contributed by atoms with E-state index in [0.717, 1.165) is 36.0 Å². The molecule has 0 bridgehead atoms. The zero-order valence-corrected chi connectivity index (χ0v) is 17.2. The third-order valence-electron chi connectivity index (χ3n) is 4.93. The Kier molecular flexibility index (Phi) is 6.50. The molecule has 158 valence electrons. The van der Waals surface area contributed by atoms with Gasteiger partial charge in [0, 0.05) is 29.3 Å². The van der Waals surface area contributed by atoms with Crippen LogP contribution in [0.4, 0.5) is 14.5 Å². The Bertz CT molecular complexity index is 1060. The molecule has 0 radical (unpaired) electrons. The van der Waals surface area contributed by atoms with Crippen LogP contribution in [0.1, 0.15) is 37.6 Å². The number of carbonyl (C=O) groups excluding carboxylic acids is 2. The Morgan fingerprint density at radius 2 is 1.77 bits per heavy atom. The first-order valence-corrected chi connectivity index (χ1v) is 9.96. The van der Waals surface area contributed by atoms with Gasteiger partial charge in [-0.2, -0.15) is 0 Å². The van der Waals surface area contributed by atoms with E-state index in [-0.39, 0.29) is 5.92 Å². The molecule has 0 saturated carbocycles. The zero-order chi connectivity index (χ0) is 21.8. The van der Waals surface area contributed by atoms with E-state index in [1.165, 1.54) is 6.07 Å². The van der Waals surface area contributed by atoms with Gasteiger partial charge in [-0.1, -0.05) is 26.8 Å². The van der Waals surface area contributed by atoms with Crippen molar-refractivity contribution in [1.29, 1.82) is 0 Å². The molecule has 1 aromatic heterocycles. The summed E-state index contributed by atoms with van der Waals surface area (Å²) in [6.07, 6.45) is 3.01. The lowest BCUT2D eigenvalue weighted by Crippen LogP contribution is -2.47. The average molecular weight is 413 g/mol. The maximum Gasteiger partial charge on any atom is 0.257 e. The summed E-state index contributed by atoms with van der Waals surface area (Å²) < 4.78 is 29.9. The zero-order valence-electron chi connectivity index (χ0n) is 17.2. The average Bonchev–Trinajstić information content (AvgIpc) is 3.08. The third kappa shape index (κ3) is 4.50. The van der Waals surface area contributed by atoms with Gasteiger partial charge in [0.2, 0.25) is 5.91 Å². The molecule has 0 unspecified atom stereocenters. The minimum Gasteiger partial charge on any atom is -0.347 e. The number of rotatable bonds is 7. The molecule has 0 spiro atoms. The van der Waals surface area contributed by atoms with Crippen LogP contribution in [-0.4, -0.2) is 22.4 Å². The maximum absolute atomic E-state index is 13.9. The normalized spacial score (nSPS) is 12.2. The summed E-state index contributed by atoms with van der Waals surface area (Å²) in [7, 11) is 0. The minimum atomic E-state index is -0.975. The lowest BCUT2D eigenvalue weighted by molar-refractivity contribution is -0.118. The first kappa shape index (κ1) is 21.5. The standard InChI is InChI=1S/C23H25F2N3O2/c1-4-11-28-12-10-15-13-16(8-9-19(15)28)26-23(30)21(14(2)3)27-22(29)20-17(24)6-5-7-18(20)25/h5-10,12-14,21H,4,11H2,1-3H3,(H,26,30)(H,27,29)/t21-/m0/s1. The second-order valence-electron chi connectivity index (χ2n) is 7.56. The number of hydrogen-bond donors (Lipinski definition) is 2. The molecule has 0 fully saturated rings. The lowest BCUT2D eigenvalue weighted by atomic mass is 10.0. The number of benzene rings is 2. The summed E-state index contributed by atoms with van der Waals surface area (Å²) in [5, 5.41) is 6.24. The van der Waals surface area contributed by atoms with Crippen LogP contribution < -0.4 is 10.6 Å². The molecule has 0 saturated heterocycles. The van der Waals surface area contributed by atoms with Crippen molar-refractivity contribution in [3.63, 3.8) is 0 Å². The molecular formula is C23H25F2N3O2. The largest absolute Gasteiger partial charge is 0.347 e. The van der Waals surface area contributed by atoms with Gasteiger partial charge in [0.25, 0.3) is 5.91 Å². The summed E-state index contributed by atoms with van der Waals surface area (Å²) >= 11 is 0. The summed E-state index contributed by atoms with van der Waals surface area (Å²) in [6, 6.07) is 9.78. The van der Waals surface area contributed by atoms with Crippen molar-refractivity contribution in [2.24, 2.45) is 5.92 Å². The fourth-order valence-electron chi connectivity index (χ4n) is 3.40. The highest BCUT2D eigenvalue weighted by atomic mass is 19.1. The highest BCUT2D eigenvalue weighted by Crippen LogP contribution is 2.22. The van der Waals surface area contributed by atoms with Gasteiger partial charge in [-0.15, -0.1) is 0 Å². The predicted octanol–water partition coefficient (Wildman–Crippen LogP) is 4.72. The van der Waals surface area contributed by atoms with Gasteiger partial charge in [-0.25, -0.2) is 8.78 Å². The van der Waals surface area contributed by atoms with E-state index in [0.29, 0.717) is 5.69 Å². The van der Waals surface area contributed by atoms with Gasteiger partial charge in [0.15, 0.2) is 0 Å². The number of aryl methyl sites for hydroxylation is 1. The second-order valence-corrected chi connectivity index (χ2v) is 7.56. The first-order chi connectivity index (χ1) is 14.3. The van der Waals surface area contributed by atoms with E-state index < -0.39 is 35.1 Å². The molecule has 0 aliphatic rings. The molecule has 2 amide bonds. The van der Waals surface area contributed by atoms with Crippen molar-refractivity contribution in [1.82, 2.24) is 9.88 Å². The van der Waals surface area contributed by atoms with Crippen LogP contribution in [0.5, 0.6) is 0 Å². The van der Waals surface area contributed by atoms with Crippen molar-refractivity contribution in [3.05, 3.63) is 65.9 Å². The van der Waals surface area contributed by atoms with Crippen LogP contribution >= 0.6 is 0 Å². The monoisotopic (exact) mass is 413 g/mol. The summed E-state index contributed by atoms with van der Waals surface area (Å²) in [5.74, 6) is -3.66. The van der Waals surface area contributed by atoms with Crippen LogP contribution in [0, 0.1) is 17.6 Å². The fourth-order valence-corrected chi connectivity index (χ4v) is 3.40. The second kappa shape index (κ2) is 9.07. The van der Waals surface area contributed by atoms with Crippen molar-refractivity contribution in [3.8, 4) is 0 Å². The first-order valence-electron chi connectivity index (χ1n) is 9.96. The van der Waals surface area contributed by atoms with Crippen LogP contribution in [0.25, 0.3) is 10.9 Å². The maximum atomic E-state index is 13.9. The van der Waals surface area contributed by atoms with Gasteiger partial charge in [0.1, 0.15) is 23.2 Å². The van der Waals surface area contributed by atoms with Gasteiger partial charge in [-0.3, -0.25) is 9.59 Å². The predicted molar refractivity (Wildman–Crippen MR) is 113 cm³/mol. The Balaban J connectivity index is 1.77. The Labute approximate surface area is 174 Å². The SMILES string of the molecule is CCCn1ccc2cc(NC(=O)[C@@H](NC(=O)c3c(F)cccc3F)C(C)C)ccc21. The summed E-state index contributed by atoms with van der Waals surface area (Å²) in [4.78, 5) is 25.2.